The molecule has 4 heterocycles. The predicted molar refractivity (Wildman–Crippen MR) is 96.2 cm³/mol. The summed E-state index contributed by atoms with van der Waals surface area (Å²) in [6, 6.07) is 7.70. The van der Waals surface area contributed by atoms with E-state index >= 15 is 0 Å². The molecule has 1 fully saturated rings. The van der Waals surface area contributed by atoms with E-state index in [2.05, 4.69) is 29.4 Å². The molecule has 1 unspecified atom stereocenters. The lowest BCUT2D eigenvalue weighted by molar-refractivity contribution is 0.471. The predicted octanol–water partition coefficient (Wildman–Crippen LogP) is 2.08. The van der Waals surface area contributed by atoms with Gasteiger partial charge in [0.1, 0.15) is 11.6 Å². The molecular formula is C18H21N7. The van der Waals surface area contributed by atoms with Crippen molar-refractivity contribution in [3.8, 4) is 0 Å². The summed E-state index contributed by atoms with van der Waals surface area (Å²) < 4.78 is 2.19. The minimum absolute atomic E-state index is 0.345. The molecule has 0 bridgehead atoms. The molecule has 1 saturated heterocycles. The number of pyridine rings is 1. The molecule has 3 aromatic heterocycles. The first-order valence-corrected chi connectivity index (χ1v) is 8.54. The molecule has 2 N–H and O–H groups in total. The highest BCUT2D eigenvalue weighted by Gasteiger charge is 2.26. The Bertz CT molecular complexity index is 830. The van der Waals surface area contributed by atoms with Crippen molar-refractivity contribution in [1.29, 1.82) is 0 Å². The first kappa shape index (κ1) is 15.6. The summed E-state index contributed by atoms with van der Waals surface area (Å²) in [5, 5.41) is 0. The van der Waals surface area contributed by atoms with Crippen LogP contribution in [-0.4, -0.2) is 37.6 Å². The van der Waals surface area contributed by atoms with E-state index < -0.39 is 0 Å². The molecule has 4 rings (SSSR count). The van der Waals surface area contributed by atoms with E-state index in [-0.39, 0.29) is 0 Å². The van der Waals surface area contributed by atoms with Crippen molar-refractivity contribution < 1.29 is 0 Å². The fourth-order valence-corrected chi connectivity index (χ4v) is 3.36. The number of imidazole rings is 1. The van der Waals surface area contributed by atoms with Gasteiger partial charge < -0.3 is 15.2 Å². The highest BCUT2D eigenvalue weighted by atomic mass is 15.3. The van der Waals surface area contributed by atoms with Gasteiger partial charge in [-0.15, -0.1) is 0 Å². The zero-order chi connectivity index (χ0) is 17.1. The van der Waals surface area contributed by atoms with Crippen LogP contribution in [0.2, 0.25) is 0 Å². The Morgan fingerprint density at radius 2 is 2.04 bits per heavy atom. The monoisotopic (exact) mass is 335 g/mol. The van der Waals surface area contributed by atoms with E-state index in [1.807, 2.05) is 36.8 Å². The Morgan fingerprint density at radius 1 is 1.08 bits per heavy atom. The summed E-state index contributed by atoms with van der Waals surface area (Å²) in [5.74, 6) is 2.65. The number of hydrogen-bond donors (Lipinski definition) is 1. The molecule has 7 heteroatoms. The average molecular weight is 335 g/mol. The molecule has 0 amide bonds. The third-order valence-electron chi connectivity index (χ3n) is 4.54. The van der Waals surface area contributed by atoms with Crippen LogP contribution in [0.1, 0.15) is 30.3 Å². The molecule has 0 aliphatic carbocycles. The molecule has 0 saturated carbocycles. The van der Waals surface area contributed by atoms with Gasteiger partial charge in [0.2, 0.25) is 5.95 Å². The fourth-order valence-electron chi connectivity index (χ4n) is 3.36. The van der Waals surface area contributed by atoms with Crippen LogP contribution in [0.15, 0.2) is 49.1 Å². The van der Waals surface area contributed by atoms with Crippen LogP contribution in [0, 0.1) is 0 Å². The fraction of sp³-hybridized carbons (Fsp3) is 0.333. The van der Waals surface area contributed by atoms with Gasteiger partial charge in [0.05, 0.1) is 12.2 Å². The Kier molecular flexibility index (Phi) is 4.28. The van der Waals surface area contributed by atoms with Crippen molar-refractivity contribution in [2.45, 2.75) is 25.3 Å². The summed E-state index contributed by atoms with van der Waals surface area (Å²) >= 11 is 0. The smallest absolute Gasteiger partial charge is 0.227 e. The van der Waals surface area contributed by atoms with Crippen molar-refractivity contribution in [2.24, 2.45) is 0 Å². The maximum atomic E-state index is 5.80. The van der Waals surface area contributed by atoms with Crippen LogP contribution < -0.4 is 10.6 Å². The summed E-state index contributed by atoms with van der Waals surface area (Å²) in [7, 11) is 0. The molecule has 0 aromatic carbocycles. The highest BCUT2D eigenvalue weighted by Crippen LogP contribution is 2.28. The summed E-state index contributed by atoms with van der Waals surface area (Å²) in [6.45, 7) is 2.53. The lowest BCUT2D eigenvalue weighted by atomic mass is 9.97. The Hall–Kier alpha value is -2.96. The average Bonchev–Trinajstić information content (AvgIpc) is 3.11. The van der Waals surface area contributed by atoms with E-state index in [0.717, 1.165) is 44.0 Å². The van der Waals surface area contributed by atoms with Crippen molar-refractivity contribution in [2.75, 3.05) is 23.7 Å². The van der Waals surface area contributed by atoms with Gasteiger partial charge in [-0.1, -0.05) is 6.07 Å². The van der Waals surface area contributed by atoms with Gasteiger partial charge in [-0.3, -0.25) is 4.98 Å². The maximum Gasteiger partial charge on any atom is 0.227 e. The van der Waals surface area contributed by atoms with Gasteiger partial charge in [0.15, 0.2) is 0 Å². The SMILES string of the molecule is Nc1ccnc(N2CCCC(c3nccn3Cc3ccccn3)C2)n1. The van der Waals surface area contributed by atoms with E-state index in [9.17, 15) is 0 Å². The van der Waals surface area contributed by atoms with Crippen LogP contribution in [0.4, 0.5) is 11.8 Å². The Labute approximate surface area is 146 Å². The maximum absolute atomic E-state index is 5.80. The molecule has 1 aliphatic rings. The number of nitrogens with zero attached hydrogens (tertiary/aromatic N) is 6. The molecule has 128 valence electrons. The van der Waals surface area contributed by atoms with Crippen LogP contribution >= 0.6 is 0 Å². The second-order valence-electron chi connectivity index (χ2n) is 6.30. The molecule has 25 heavy (non-hydrogen) atoms. The summed E-state index contributed by atoms with van der Waals surface area (Å²) in [4.78, 5) is 20.0. The number of nitrogens with two attached hydrogens (primary N) is 1. The lowest BCUT2D eigenvalue weighted by Crippen LogP contribution is -2.36. The molecule has 0 radical (unpaired) electrons. The Morgan fingerprint density at radius 3 is 2.88 bits per heavy atom. The Balaban J connectivity index is 1.53. The van der Waals surface area contributed by atoms with E-state index in [0.29, 0.717) is 17.7 Å². The third-order valence-corrected chi connectivity index (χ3v) is 4.54. The van der Waals surface area contributed by atoms with Gasteiger partial charge in [-0.05, 0) is 31.0 Å². The number of rotatable bonds is 4. The van der Waals surface area contributed by atoms with E-state index in [4.69, 9.17) is 5.73 Å². The normalized spacial score (nSPS) is 17.6. The van der Waals surface area contributed by atoms with Crippen molar-refractivity contribution in [3.05, 3.63) is 60.6 Å². The largest absolute Gasteiger partial charge is 0.384 e. The van der Waals surface area contributed by atoms with Crippen molar-refractivity contribution in [1.82, 2.24) is 24.5 Å². The first-order valence-electron chi connectivity index (χ1n) is 8.54. The summed E-state index contributed by atoms with van der Waals surface area (Å²) in [6.07, 6.45) is 9.63. The minimum atomic E-state index is 0.345. The molecular weight excluding hydrogens is 314 g/mol. The number of piperidine rings is 1. The van der Waals surface area contributed by atoms with E-state index in [1.165, 1.54) is 0 Å². The molecule has 7 nitrogen and oxygen atoms in total. The molecule has 0 spiro atoms. The zero-order valence-corrected chi connectivity index (χ0v) is 14.0. The summed E-state index contributed by atoms with van der Waals surface area (Å²) in [5.41, 5.74) is 6.84. The highest BCUT2D eigenvalue weighted by molar-refractivity contribution is 5.38. The third kappa shape index (κ3) is 3.45. The van der Waals surface area contributed by atoms with E-state index in [1.54, 1.807) is 12.3 Å². The van der Waals surface area contributed by atoms with Crippen LogP contribution in [0.25, 0.3) is 0 Å². The topological polar surface area (TPSA) is 85.8 Å². The number of hydrogen-bond acceptors (Lipinski definition) is 6. The van der Waals surface area contributed by atoms with Crippen molar-refractivity contribution in [3.63, 3.8) is 0 Å². The van der Waals surface area contributed by atoms with Gasteiger partial charge in [0, 0.05) is 43.8 Å². The minimum Gasteiger partial charge on any atom is -0.384 e. The number of nitrogen functional groups attached to an aromatic ring is 1. The number of aromatic nitrogens is 5. The van der Waals surface area contributed by atoms with Gasteiger partial charge >= 0.3 is 0 Å². The standard InChI is InChI=1S/C18H21N7/c19-16-6-8-22-18(23-16)25-10-3-4-14(12-25)17-21-9-11-24(17)13-15-5-1-2-7-20-15/h1-2,5-9,11,14H,3-4,10,12-13H2,(H2,19,22,23). The quantitative estimate of drug-likeness (QED) is 0.786. The number of anilines is 2. The second-order valence-corrected chi connectivity index (χ2v) is 6.30. The van der Waals surface area contributed by atoms with Crippen LogP contribution in [0.5, 0.6) is 0 Å². The second kappa shape index (κ2) is 6.88. The van der Waals surface area contributed by atoms with Gasteiger partial charge in [-0.25, -0.2) is 9.97 Å². The van der Waals surface area contributed by atoms with Gasteiger partial charge in [0.25, 0.3) is 0 Å². The van der Waals surface area contributed by atoms with Crippen molar-refractivity contribution >= 4 is 11.8 Å². The van der Waals surface area contributed by atoms with Crippen LogP contribution in [-0.2, 0) is 6.54 Å². The first-order chi connectivity index (χ1) is 12.3. The lowest BCUT2D eigenvalue weighted by Gasteiger charge is -2.32. The molecule has 3 aromatic rings. The zero-order valence-electron chi connectivity index (χ0n) is 14.0. The molecule has 1 atom stereocenters. The van der Waals surface area contributed by atoms with Crippen LogP contribution in [0.3, 0.4) is 0 Å². The van der Waals surface area contributed by atoms with Gasteiger partial charge in [-0.2, -0.15) is 4.98 Å². The molecule has 1 aliphatic heterocycles.